The van der Waals surface area contributed by atoms with Gasteiger partial charge in [-0.2, -0.15) is 0 Å². The first kappa shape index (κ1) is 19.8. The number of nitrogens with zero attached hydrogens (tertiary/aromatic N) is 1. The summed E-state index contributed by atoms with van der Waals surface area (Å²) < 4.78 is 26.6. The van der Waals surface area contributed by atoms with E-state index in [-0.39, 0.29) is 5.56 Å². The van der Waals surface area contributed by atoms with E-state index in [1.165, 1.54) is 16.5 Å². The van der Waals surface area contributed by atoms with Gasteiger partial charge >= 0.3 is 0 Å². The van der Waals surface area contributed by atoms with Crippen molar-refractivity contribution in [2.45, 2.75) is 24.3 Å². The highest BCUT2D eigenvalue weighted by Gasteiger charge is 2.21. The molecule has 0 spiro atoms. The van der Waals surface area contributed by atoms with Crippen LogP contribution in [0.2, 0.25) is 0 Å². The van der Waals surface area contributed by atoms with E-state index >= 15 is 0 Å². The van der Waals surface area contributed by atoms with Gasteiger partial charge in [-0.25, -0.2) is 8.78 Å². The second-order valence-corrected chi connectivity index (χ2v) is 7.71. The second kappa shape index (κ2) is 9.33. The number of hydrogen-bond acceptors (Lipinski definition) is 3. The lowest BCUT2D eigenvalue weighted by Crippen LogP contribution is -2.38. The number of thioether (sulfide) groups is 1. The summed E-state index contributed by atoms with van der Waals surface area (Å²) in [6.07, 6.45) is 4.08. The number of piperidine rings is 1. The standard InChI is InChI=1S/C21H24F2N2OS/c1-27-20-5-3-2-4-16(20)14-25-10-8-15(9-11-25)13-24-21(26)18-7-6-17(22)12-19(18)23/h2-7,12,15H,8-11,13-14H2,1H3,(H,24,26). The van der Waals surface area contributed by atoms with Crippen LogP contribution >= 0.6 is 11.8 Å². The summed E-state index contributed by atoms with van der Waals surface area (Å²) in [5.41, 5.74) is 1.24. The molecule has 1 heterocycles. The molecule has 0 aliphatic carbocycles. The second-order valence-electron chi connectivity index (χ2n) is 6.87. The molecule has 0 bridgehead atoms. The van der Waals surface area contributed by atoms with E-state index in [4.69, 9.17) is 0 Å². The van der Waals surface area contributed by atoms with Crippen molar-refractivity contribution < 1.29 is 13.6 Å². The van der Waals surface area contributed by atoms with Crippen molar-refractivity contribution in [3.63, 3.8) is 0 Å². The average molecular weight is 390 g/mol. The molecule has 1 aliphatic heterocycles. The minimum Gasteiger partial charge on any atom is -0.352 e. The maximum Gasteiger partial charge on any atom is 0.254 e. The zero-order valence-corrected chi connectivity index (χ0v) is 16.2. The van der Waals surface area contributed by atoms with Crippen LogP contribution in [-0.4, -0.2) is 36.7 Å². The van der Waals surface area contributed by atoms with Gasteiger partial charge in [0.25, 0.3) is 5.91 Å². The molecule has 1 N–H and O–H groups in total. The molecule has 2 aromatic rings. The first-order valence-corrected chi connectivity index (χ1v) is 10.4. The number of carbonyl (C=O) groups is 1. The van der Waals surface area contributed by atoms with Gasteiger partial charge in [0.1, 0.15) is 11.6 Å². The lowest BCUT2D eigenvalue weighted by molar-refractivity contribution is 0.0931. The summed E-state index contributed by atoms with van der Waals surface area (Å²) in [5.74, 6) is -1.61. The molecule has 3 nitrogen and oxygen atoms in total. The van der Waals surface area contributed by atoms with E-state index in [0.717, 1.165) is 44.6 Å². The molecule has 6 heteroatoms. The molecule has 1 fully saturated rings. The van der Waals surface area contributed by atoms with Gasteiger partial charge < -0.3 is 5.32 Å². The van der Waals surface area contributed by atoms with Crippen molar-refractivity contribution in [2.24, 2.45) is 5.92 Å². The van der Waals surface area contributed by atoms with Gasteiger partial charge in [0.05, 0.1) is 5.56 Å². The fourth-order valence-electron chi connectivity index (χ4n) is 3.43. The van der Waals surface area contributed by atoms with Crippen LogP contribution in [0.3, 0.4) is 0 Å². The smallest absolute Gasteiger partial charge is 0.254 e. The number of carbonyl (C=O) groups excluding carboxylic acids is 1. The summed E-state index contributed by atoms with van der Waals surface area (Å²) in [5, 5.41) is 2.79. The number of halogens is 2. The minimum absolute atomic E-state index is 0.109. The Morgan fingerprint density at radius 1 is 1.19 bits per heavy atom. The Morgan fingerprint density at radius 2 is 1.93 bits per heavy atom. The van der Waals surface area contributed by atoms with Gasteiger partial charge in [-0.3, -0.25) is 9.69 Å². The van der Waals surface area contributed by atoms with Gasteiger partial charge in [-0.05, 0) is 61.9 Å². The van der Waals surface area contributed by atoms with Crippen LogP contribution in [0.5, 0.6) is 0 Å². The summed E-state index contributed by atoms with van der Waals surface area (Å²) >= 11 is 1.77. The van der Waals surface area contributed by atoms with Crippen LogP contribution in [0.25, 0.3) is 0 Å². The number of hydrogen-bond donors (Lipinski definition) is 1. The van der Waals surface area contributed by atoms with E-state index in [9.17, 15) is 13.6 Å². The van der Waals surface area contributed by atoms with Crippen LogP contribution < -0.4 is 5.32 Å². The largest absolute Gasteiger partial charge is 0.352 e. The van der Waals surface area contributed by atoms with E-state index in [1.807, 2.05) is 0 Å². The monoisotopic (exact) mass is 390 g/mol. The molecule has 0 radical (unpaired) electrons. The van der Waals surface area contributed by atoms with Crippen molar-refractivity contribution in [1.82, 2.24) is 10.2 Å². The Balaban J connectivity index is 1.46. The maximum absolute atomic E-state index is 13.7. The van der Waals surface area contributed by atoms with E-state index in [0.29, 0.717) is 12.5 Å². The van der Waals surface area contributed by atoms with Gasteiger partial charge in [-0.15, -0.1) is 11.8 Å². The lowest BCUT2D eigenvalue weighted by atomic mass is 9.96. The van der Waals surface area contributed by atoms with Crippen molar-refractivity contribution >= 4 is 17.7 Å². The van der Waals surface area contributed by atoms with E-state index in [1.54, 1.807) is 11.8 Å². The summed E-state index contributed by atoms with van der Waals surface area (Å²) in [4.78, 5) is 15.9. The Hall–Kier alpha value is -1.92. The molecule has 0 unspecified atom stereocenters. The normalized spacial score (nSPS) is 15.7. The lowest BCUT2D eigenvalue weighted by Gasteiger charge is -2.32. The predicted octanol–water partition coefficient (Wildman–Crippen LogP) is 4.33. The maximum atomic E-state index is 13.7. The van der Waals surface area contributed by atoms with Crippen molar-refractivity contribution in [1.29, 1.82) is 0 Å². The Bertz CT molecular complexity index is 792. The van der Waals surface area contributed by atoms with Gasteiger partial charge in [0.15, 0.2) is 0 Å². The molecule has 2 aromatic carbocycles. The zero-order chi connectivity index (χ0) is 19.2. The predicted molar refractivity (Wildman–Crippen MR) is 105 cm³/mol. The molecular weight excluding hydrogens is 366 g/mol. The summed E-state index contributed by atoms with van der Waals surface area (Å²) in [7, 11) is 0. The number of benzene rings is 2. The molecular formula is C21H24F2N2OS. The Labute approximate surface area is 163 Å². The molecule has 1 aliphatic rings. The van der Waals surface area contributed by atoms with Crippen LogP contribution in [-0.2, 0) is 6.54 Å². The molecule has 0 saturated carbocycles. The molecule has 3 rings (SSSR count). The highest BCUT2D eigenvalue weighted by molar-refractivity contribution is 7.98. The minimum atomic E-state index is -0.824. The molecule has 1 saturated heterocycles. The van der Waals surface area contributed by atoms with Crippen LogP contribution in [0.1, 0.15) is 28.8 Å². The quantitative estimate of drug-likeness (QED) is 0.745. The van der Waals surface area contributed by atoms with Crippen molar-refractivity contribution in [3.05, 3.63) is 65.2 Å². The molecule has 144 valence electrons. The molecule has 0 aromatic heterocycles. The topological polar surface area (TPSA) is 32.3 Å². The fraction of sp³-hybridized carbons (Fsp3) is 0.381. The van der Waals surface area contributed by atoms with E-state index in [2.05, 4.69) is 40.7 Å². The third-order valence-corrected chi connectivity index (χ3v) is 5.86. The van der Waals surface area contributed by atoms with Crippen LogP contribution in [0, 0.1) is 17.6 Å². The number of rotatable bonds is 6. The van der Waals surface area contributed by atoms with Gasteiger partial charge in [0, 0.05) is 24.1 Å². The number of likely N-dealkylation sites (tertiary alicyclic amines) is 1. The molecule has 1 amide bonds. The molecule has 0 atom stereocenters. The van der Waals surface area contributed by atoms with E-state index < -0.39 is 17.5 Å². The van der Waals surface area contributed by atoms with Crippen molar-refractivity contribution in [2.75, 3.05) is 25.9 Å². The average Bonchev–Trinajstić information content (AvgIpc) is 2.67. The highest BCUT2D eigenvalue weighted by atomic mass is 32.2. The molecule has 27 heavy (non-hydrogen) atoms. The highest BCUT2D eigenvalue weighted by Crippen LogP contribution is 2.24. The Morgan fingerprint density at radius 3 is 2.63 bits per heavy atom. The zero-order valence-electron chi connectivity index (χ0n) is 15.4. The fourth-order valence-corrected chi connectivity index (χ4v) is 4.04. The third-order valence-electron chi connectivity index (χ3n) is 5.02. The summed E-state index contributed by atoms with van der Waals surface area (Å²) in [6, 6.07) is 11.5. The van der Waals surface area contributed by atoms with Crippen LogP contribution in [0.15, 0.2) is 47.4 Å². The third kappa shape index (κ3) is 5.30. The van der Waals surface area contributed by atoms with Gasteiger partial charge in [0.2, 0.25) is 0 Å². The van der Waals surface area contributed by atoms with Crippen LogP contribution in [0.4, 0.5) is 8.78 Å². The number of nitrogens with one attached hydrogen (secondary N) is 1. The Kier molecular flexibility index (Phi) is 6.85. The SMILES string of the molecule is CSc1ccccc1CN1CCC(CNC(=O)c2ccc(F)cc2F)CC1. The first-order valence-electron chi connectivity index (χ1n) is 9.14. The first-order chi connectivity index (χ1) is 13.1. The van der Waals surface area contributed by atoms with Crippen molar-refractivity contribution in [3.8, 4) is 0 Å². The van der Waals surface area contributed by atoms with Gasteiger partial charge in [-0.1, -0.05) is 18.2 Å². The summed E-state index contributed by atoms with van der Waals surface area (Å²) in [6.45, 7) is 3.42. The number of amides is 1.